The van der Waals surface area contributed by atoms with Gasteiger partial charge >= 0.3 is 0 Å². The van der Waals surface area contributed by atoms with Crippen LogP contribution in [-0.4, -0.2) is 35.7 Å². The largest absolute Gasteiger partial charge is 0.497 e. The van der Waals surface area contributed by atoms with E-state index in [1.165, 1.54) is 0 Å². The maximum atomic E-state index is 12.3. The molecule has 0 spiro atoms. The van der Waals surface area contributed by atoms with Crippen LogP contribution in [0.2, 0.25) is 0 Å². The van der Waals surface area contributed by atoms with Crippen LogP contribution in [-0.2, 0) is 11.3 Å². The first-order valence-corrected chi connectivity index (χ1v) is 8.22. The van der Waals surface area contributed by atoms with E-state index in [4.69, 9.17) is 9.47 Å². The second-order valence-electron chi connectivity index (χ2n) is 6.00. The number of carbonyl (C=O) groups is 1. The molecular weight excluding hydrogens is 318 g/mol. The molecule has 1 atom stereocenters. The molecule has 0 radical (unpaired) electrons. The fourth-order valence-electron chi connectivity index (χ4n) is 3.17. The predicted molar refractivity (Wildman–Crippen MR) is 93.8 cm³/mol. The number of rotatable bonds is 4. The van der Waals surface area contributed by atoms with E-state index in [-0.39, 0.29) is 11.9 Å². The smallest absolute Gasteiger partial charge is 0.251 e. The van der Waals surface area contributed by atoms with Crippen LogP contribution < -0.4 is 10.1 Å². The van der Waals surface area contributed by atoms with Crippen LogP contribution in [0.3, 0.4) is 0 Å². The Kier molecular flexibility index (Phi) is 4.11. The molecule has 1 aliphatic rings. The first-order chi connectivity index (χ1) is 12.3. The van der Waals surface area contributed by atoms with E-state index in [0.717, 1.165) is 22.6 Å². The Morgan fingerprint density at radius 3 is 2.96 bits per heavy atom. The molecule has 4 rings (SSSR count). The topological polar surface area (TPSA) is 65.4 Å². The highest BCUT2D eigenvalue weighted by molar-refractivity contribution is 5.94. The molecule has 0 bridgehead atoms. The lowest BCUT2D eigenvalue weighted by Gasteiger charge is -2.26. The fraction of sp³-hybridized carbons (Fsp3) is 0.263. The van der Waals surface area contributed by atoms with E-state index in [0.29, 0.717) is 25.3 Å². The van der Waals surface area contributed by atoms with Crippen molar-refractivity contribution in [2.75, 3.05) is 20.3 Å². The van der Waals surface area contributed by atoms with E-state index in [2.05, 4.69) is 14.9 Å². The van der Waals surface area contributed by atoms with Crippen molar-refractivity contribution < 1.29 is 14.3 Å². The minimum absolute atomic E-state index is 0.00600. The molecule has 1 aromatic heterocycles. The third kappa shape index (κ3) is 2.96. The lowest BCUT2D eigenvalue weighted by atomic mass is 10.2. The van der Waals surface area contributed by atoms with E-state index in [9.17, 15) is 4.79 Å². The average Bonchev–Trinajstić information content (AvgIpc) is 3.05. The van der Waals surface area contributed by atoms with Gasteiger partial charge in [-0.1, -0.05) is 18.2 Å². The SMILES string of the molecule is COc1ccc2nc3n(c2c1)[C@@H](CNC(=O)c1ccccc1)COC3. The molecule has 0 unspecified atom stereocenters. The maximum absolute atomic E-state index is 12.3. The Hall–Kier alpha value is -2.86. The average molecular weight is 337 g/mol. The van der Waals surface area contributed by atoms with Crippen molar-refractivity contribution in [1.82, 2.24) is 14.9 Å². The number of imidazole rings is 1. The molecule has 0 fully saturated rings. The number of aromatic nitrogens is 2. The van der Waals surface area contributed by atoms with Gasteiger partial charge in [0.2, 0.25) is 0 Å². The molecule has 0 aliphatic carbocycles. The number of benzene rings is 2. The van der Waals surface area contributed by atoms with Crippen LogP contribution in [0, 0.1) is 0 Å². The number of amides is 1. The van der Waals surface area contributed by atoms with Gasteiger partial charge in [0.05, 0.1) is 30.8 Å². The molecule has 128 valence electrons. The van der Waals surface area contributed by atoms with Gasteiger partial charge < -0.3 is 19.4 Å². The zero-order valence-corrected chi connectivity index (χ0v) is 13.9. The molecule has 25 heavy (non-hydrogen) atoms. The van der Waals surface area contributed by atoms with Crippen LogP contribution in [0.25, 0.3) is 11.0 Å². The fourth-order valence-corrected chi connectivity index (χ4v) is 3.17. The Balaban J connectivity index is 1.59. The zero-order chi connectivity index (χ0) is 17.2. The number of nitrogens with zero attached hydrogens (tertiary/aromatic N) is 2. The summed E-state index contributed by atoms with van der Waals surface area (Å²) in [7, 11) is 1.65. The van der Waals surface area contributed by atoms with Gasteiger partial charge in [-0.05, 0) is 24.3 Å². The predicted octanol–water partition coefficient (Wildman–Crippen LogP) is 2.55. The summed E-state index contributed by atoms with van der Waals surface area (Å²) in [5, 5.41) is 2.99. The first kappa shape index (κ1) is 15.7. The summed E-state index contributed by atoms with van der Waals surface area (Å²) in [6.07, 6.45) is 0. The lowest BCUT2D eigenvalue weighted by Crippen LogP contribution is -2.35. The van der Waals surface area contributed by atoms with E-state index >= 15 is 0 Å². The van der Waals surface area contributed by atoms with Gasteiger partial charge in [0.1, 0.15) is 18.2 Å². The van der Waals surface area contributed by atoms with Crippen LogP contribution in [0.4, 0.5) is 0 Å². The van der Waals surface area contributed by atoms with Crippen molar-refractivity contribution >= 4 is 16.9 Å². The summed E-state index contributed by atoms with van der Waals surface area (Å²) in [6, 6.07) is 15.0. The Bertz CT molecular complexity index is 905. The number of hydrogen-bond acceptors (Lipinski definition) is 4. The maximum Gasteiger partial charge on any atom is 0.251 e. The molecule has 1 amide bonds. The second-order valence-corrected chi connectivity index (χ2v) is 6.00. The lowest BCUT2D eigenvalue weighted by molar-refractivity contribution is 0.0553. The van der Waals surface area contributed by atoms with Crippen molar-refractivity contribution in [2.24, 2.45) is 0 Å². The van der Waals surface area contributed by atoms with Crippen LogP contribution in [0.1, 0.15) is 22.2 Å². The highest BCUT2D eigenvalue weighted by atomic mass is 16.5. The van der Waals surface area contributed by atoms with Gasteiger partial charge in [-0.3, -0.25) is 4.79 Å². The number of fused-ring (bicyclic) bond motifs is 3. The molecule has 6 nitrogen and oxygen atoms in total. The zero-order valence-electron chi connectivity index (χ0n) is 13.9. The normalized spacial score (nSPS) is 16.4. The number of hydrogen-bond donors (Lipinski definition) is 1. The molecule has 6 heteroatoms. The summed E-state index contributed by atoms with van der Waals surface area (Å²) in [5.74, 6) is 1.57. The van der Waals surface area contributed by atoms with Crippen LogP contribution in [0.15, 0.2) is 48.5 Å². The van der Waals surface area contributed by atoms with Crippen LogP contribution >= 0.6 is 0 Å². The van der Waals surface area contributed by atoms with E-state index in [1.807, 2.05) is 36.4 Å². The Morgan fingerprint density at radius 2 is 2.16 bits per heavy atom. The van der Waals surface area contributed by atoms with Gasteiger partial charge in [-0.2, -0.15) is 0 Å². The molecule has 2 aromatic carbocycles. The highest BCUT2D eigenvalue weighted by Crippen LogP contribution is 2.28. The standard InChI is InChI=1S/C19H19N3O3/c1-24-15-7-8-16-17(9-15)22-14(11-25-12-18(22)21-16)10-20-19(23)13-5-3-2-4-6-13/h2-9,14H,10-12H2,1H3,(H,20,23)/t14-/m0/s1. The van der Waals surface area contributed by atoms with Gasteiger partial charge in [-0.25, -0.2) is 4.98 Å². The Labute approximate surface area is 145 Å². The quantitative estimate of drug-likeness (QED) is 0.795. The highest BCUT2D eigenvalue weighted by Gasteiger charge is 2.24. The number of nitrogens with one attached hydrogen (secondary N) is 1. The third-order valence-corrected chi connectivity index (χ3v) is 4.41. The summed E-state index contributed by atoms with van der Waals surface area (Å²) >= 11 is 0. The Morgan fingerprint density at radius 1 is 1.32 bits per heavy atom. The van der Waals surface area contributed by atoms with Gasteiger partial charge in [0.15, 0.2) is 0 Å². The van der Waals surface area contributed by atoms with Crippen molar-refractivity contribution in [3.63, 3.8) is 0 Å². The molecule has 2 heterocycles. The summed E-state index contributed by atoms with van der Waals surface area (Å²) in [5.41, 5.74) is 2.55. The van der Waals surface area contributed by atoms with Crippen molar-refractivity contribution in [3.05, 3.63) is 59.9 Å². The second kappa shape index (κ2) is 6.57. The van der Waals surface area contributed by atoms with Crippen LogP contribution in [0.5, 0.6) is 5.75 Å². The molecule has 3 aromatic rings. The van der Waals surface area contributed by atoms with Gasteiger partial charge in [-0.15, -0.1) is 0 Å². The first-order valence-electron chi connectivity index (χ1n) is 8.22. The molecular formula is C19H19N3O3. The van der Waals surface area contributed by atoms with Crippen molar-refractivity contribution in [2.45, 2.75) is 12.6 Å². The van der Waals surface area contributed by atoms with Gasteiger partial charge in [0.25, 0.3) is 5.91 Å². The summed E-state index contributed by atoms with van der Waals surface area (Å²) in [6.45, 7) is 1.48. The number of ether oxygens (including phenoxy) is 2. The summed E-state index contributed by atoms with van der Waals surface area (Å²) in [4.78, 5) is 16.9. The van der Waals surface area contributed by atoms with Crippen molar-refractivity contribution in [3.8, 4) is 5.75 Å². The molecule has 0 saturated carbocycles. The minimum Gasteiger partial charge on any atom is -0.497 e. The minimum atomic E-state index is -0.0882. The van der Waals surface area contributed by atoms with Crippen molar-refractivity contribution in [1.29, 1.82) is 0 Å². The van der Waals surface area contributed by atoms with Gasteiger partial charge in [0, 0.05) is 18.2 Å². The summed E-state index contributed by atoms with van der Waals surface area (Å²) < 4.78 is 13.1. The molecule has 1 aliphatic heterocycles. The van der Waals surface area contributed by atoms with E-state index < -0.39 is 0 Å². The number of carbonyl (C=O) groups excluding carboxylic acids is 1. The molecule has 0 saturated heterocycles. The van der Waals surface area contributed by atoms with E-state index in [1.54, 1.807) is 19.2 Å². The molecule has 1 N–H and O–H groups in total. The monoisotopic (exact) mass is 337 g/mol. The number of methoxy groups -OCH3 is 1. The third-order valence-electron chi connectivity index (χ3n) is 4.41.